The smallest absolute Gasteiger partial charge is 0.240 e. The SMILES string of the molecule is Cc1ccc(-c2nc(CCNS(=O)(=O)c3ccc(F)cc3)cs2)cc1. The molecule has 1 aromatic heterocycles. The highest BCUT2D eigenvalue weighted by Gasteiger charge is 2.13. The average Bonchev–Trinajstić information content (AvgIpc) is 3.04. The third kappa shape index (κ3) is 4.50. The van der Waals surface area contributed by atoms with Gasteiger partial charge >= 0.3 is 0 Å². The summed E-state index contributed by atoms with van der Waals surface area (Å²) in [5, 5.41) is 2.85. The lowest BCUT2D eigenvalue weighted by Gasteiger charge is -2.05. The number of aromatic nitrogens is 1. The molecule has 1 N–H and O–H groups in total. The summed E-state index contributed by atoms with van der Waals surface area (Å²) in [6.07, 6.45) is 0.489. The van der Waals surface area contributed by atoms with E-state index in [-0.39, 0.29) is 11.4 Å². The van der Waals surface area contributed by atoms with Crippen LogP contribution < -0.4 is 4.72 Å². The topological polar surface area (TPSA) is 59.1 Å². The summed E-state index contributed by atoms with van der Waals surface area (Å²) in [7, 11) is -3.64. The minimum absolute atomic E-state index is 0.0486. The quantitative estimate of drug-likeness (QED) is 0.712. The molecule has 0 saturated carbocycles. The number of sulfonamides is 1. The van der Waals surface area contributed by atoms with Crippen LogP contribution >= 0.6 is 11.3 Å². The Balaban J connectivity index is 1.61. The number of hydrogen-bond acceptors (Lipinski definition) is 4. The molecule has 25 heavy (non-hydrogen) atoms. The number of hydrogen-bond donors (Lipinski definition) is 1. The normalized spacial score (nSPS) is 11.6. The molecule has 3 rings (SSSR count). The summed E-state index contributed by atoms with van der Waals surface area (Å²) >= 11 is 1.53. The third-order valence-electron chi connectivity index (χ3n) is 3.65. The first kappa shape index (κ1) is 17.7. The largest absolute Gasteiger partial charge is 0.241 e. The molecule has 7 heteroatoms. The fraction of sp³-hybridized carbons (Fsp3) is 0.167. The van der Waals surface area contributed by atoms with Crippen LogP contribution in [0.3, 0.4) is 0 Å². The summed E-state index contributed by atoms with van der Waals surface area (Å²) in [4.78, 5) is 4.60. The van der Waals surface area contributed by atoms with Gasteiger partial charge in [0.1, 0.15) is 10.8 Å². The average molecular weight is 376 g/mol. The van der Waals surface area contributed by atoms with Gasteiger partial charge in [-0.2, -0.15) is 0 Å². The van der Waals surface area contributed by atoms with Crippen molar-refractivity contribution in [1.29, 1.82) is 0 Å². The van der Waals surface area contributed by atoms with Gasteiger partial charge in [0.05, 0.1) is 10.6 Å². The lowest BCUT2D eigenvalue weighted by molar-refractivity contribution is 0.580. The number of thiazole rings is 1. The van der Waals surface area contributed by atoms with Crippen LogP contribution in [0.5, 0.6) is 0 Å². The second-order valence-corrected chi connectivity index (χ2v) is 8.24. The molecule has 0 radical (unpaired) electrons. The summed E-state index contributed by atoms with van der Waals surface area (Å²) in [5.74, 6) is -0.468. The van der Waals surface area contributed by atoms with Gasteiger partial charge in [0, 0.05) is 23.9 Å². The van der Waals surface area contributed by atoms with Gasteiger partial charge in [0.15, 0.2) is 0 Å². The van der Waals surface area contributed by atoms with Crippen molar-refractivity contribution in [3.05, 3.63) is 71.0 Å². The minimum atomic E-state index is -3.64. The second kappa shape index (κ2) is 7.43. The van der Waals surface area contributed by atoms with E-state index < -0.39 is 15.8 Å². The highest BCUT2D eigenvalue weighted by Crippen LogP contribution is 2.24. The van der Waals surface area contributed by atoms with Gasteiger partial charge in [-0.3, -0.25) is 0 Å². The summed E-state index contributed by atoms with van der Waals surface area (Å²) in [6.45, 7) is 2.26. The number of rotatable bonds is 6. The first-order chi connectivity index (χ1) is 11.9. The van der Waals surface area contributed by atoms with E-state index in [1.54, 1.807) is 0 Å². The molecule has 0 aliphatic carbocycles. The molecule has 3 aromatic rings. The lowest BCUT2D eigenvalue weighted by atomic mass is 10.2. The fourth-order valence-electron chi connectivity index (χ4n) is 2.26. The number of benzene rings is 2. The maximum Gasteiger partial charge on any atom is 0.240 e. The van der Waals surface area contributed by atoms with Crippen LogP contribution in [-0.4, -0.2) is 19.9 Å². The molecule has 0 aliphatic rings. The van der Waals surface area contributed by atoms with Crippen molar-refractivity contribution >= 4 is 21.4 Å². The maximum atomic E-state index is 12.9. The molecular weight excluding hydrogens is 359 g/mol. The zero-order valence-corrected chi connectivity index (χ0v) is 15.2. The Morgan fingerprint density at radius 1 is 1.08 bits per heavy atom. The standard InChI is InChI=1S/C18H17FN2O2S2/c1-13-2-4-14(5-3-13)18-21-16(12-24-18)10-11-20-25(22,23)17-8-6-15(19)7-9-17/h2-9,12,20H,10-11H2,1H3. The van der Waals surface area contributed by atoms with Crippen molar-refractivity contribution in [1.82, 2.24) is 9.71 Å². The Morgan fingerprint density at radius 2 is 1.76 bits per heavy atom. The van der Waals surface area contributed by atoms with E-state index in [4.69, 9.17) is 0 Å². The summed E-state index contributed by atoms with van der Waals surface area (Å²) < 4.78 is 39.7. The molecule has 2 aromatic carbocycles. The van der Waals surface area contributed by atoms with Gasteiger partial charge in [-0.05, 0) is 31.2 Å². The van der Waals surface area contributed by atoms with Gasteiger partial charge in [0.25, 0.3) is 0 Å². The zero-order valence-electron chi connectivity index (χ0n) is 13.6. The molecule has 130 valence electrons. The molecule has 0 saturated heterocycles. The van der Waals surface area contributed by atoms with Crippen LogP contribution in [0.15, 0.2) is 58.8 Å². The molecule has 0 fully saturated rings. The fourth-order valence-corrected chi connectivity index (χ4v) is 4.15. The summed E-state index contributed by atoms with van der Waals surface area (Å²) in [6, 6.07) is 12.9. The van der Waals surface area contributed by atoms with Crippen molar-refractivity contribution < 1.29 is 12.8 Å². The predicted octanol–water partition coefficient (Wildman–Crippen LogP) is 3.78. The van der Waals surface area contributed by atoms with Crippen molar-refractivity contribution in [2.45, 2.75) is 18.2 Å². The molecule has 0 amide bonds. The van der Waals surface area contributed by atoms with Gasteiger partial charge in [-0.25, -0.2) is 22.5 Å². The molecule has 0 atom stereocenters. The Hall–Kier alpha value is -2.09. The highest BCUT2D eigenvalue weighted by atomic mass is 32.2. The van der Waals surface area contributed by atoms with E-state index >= 15 is 0 Å². The highest BCUT2D eigenvalue weighted by molar-refractivity contribution is 7.89. The Labute approximate surface area is 150 Å². The van der Waals surface area contributed by atoms with Crippen molar-refractivity contribution in [3.63, 3.8) is 0 Å². The molecule has 4 nitrogen and oxygen atoms in total. The van der Waals surface area contributed by atoms with E-state index in [0.717, 1.165) is 28.4 Å². The Bertz CT molecular complexity index is 950. The molecular formula is C18H17FN2O2S2. The minimum Gasteiger partial charge on any atom is -0.241 e. The van der Waals surface area contributed by atoms with Crippen molar-refractivity contribution in [3.8, 4) is 10.6 Å². The molecule has 0 bridgehead atoms. The van der Waals surface area contributed by atoms with Crippen LogP contribution in [0, 0.1) is 12.7 Å². The van der Waals surface area contributed by atoms with E-state index in [1.807, 2.05) is 36.6 Å². The first-order valence-corrected chi connectivity index (χ1v) is 10.1. The molecule has 0 spiro atoms. The Morgan fingerprint density at radius 3 is 2.44 bits per heavy atom. The number of aryl methyl sites for hydroxylation is 1. The van der Waals surface area contributed by atoms with E-state index in [9.17, 15) is 12.8 Å². The number of nitrogens with zero attached hydrogens (tertiary/aromatic N) is 1. The van der Waals surface area contributed by atoms with Gasteiger partial charge in [-0.15, -0.1) is 11.3 Å². The maximum absolute atomic E-state index is 12.9. The van der Waals surface area contributed by atoms with Crippen LogP contribution in [0.4, 0.5) is 4.39 Å². The lowest BCUT2D eigenvalue weighted by Crippen LogP contribution is -2.26. The number of nitrogens with one attached hydrogen (secondary N) is 1. The van der Waals surface area contributed by atoms with Crippen LogP contribution in [0.1, 0.15) is 11.3 Å². The first-order valence-electron chi connectivity index (χ1n) is 7.71. The summed E-state index contributed by atoms with van der Waals surface area (Å²) in [5.41, 5.74) is 3.08. The van der Waals surface area contributed by atoms with Crippen LogP contribution in [0.2, 0.25) is 0 Å². The van der Waals surface area contributed by atoms with Crippen LogP contribution in [0.25, 0.3) is 10.6 Å². The molecule has 1 heterocycles. The molecule has 0 aliphatic heterocycles. The van der Waals surface area contributed by atoms with E-state index in [0.29, 0.717) is 6.42 Å². The van der Waals surface area contributed by atoms with Crippen molar-refractivity contribution in [2.24, 2.45) is 0 Å². The number of halogens is 1. The molecule has 0 unspecified atom stereocenters. The zero-order chi connectivity index (χ0) is 17.9. The second-order valence-electron chi connectivity index (χ2n) is 5.61. The van der Waals surface area contributed by atoms with E-state index in [2.05, 4.69) is 9.71 Å². The monoisotopic (exact) mass is 376 g/mol. The van der Waals surface area contributed by atoms with Crippen molar-refractivity contribution in [2.75, 3.05) is 6.54 Å². The van der Waals surface area contributed by atoms with Gasteiger partial charge in [0.2, 0.25) is 10.0 Å². The Kier molecular flexibility index (Phi) is 5.27. The predicted molar refractivity (Wildman–Crippen MR) is 97.6 cm³/mol. The van der Waals surface area contributed by atoms with Gasteiger partial charge in [-0.1, -0.05) is 29.8 Å². The van der Waals surface area contributed by atoms with Gasteiger partial charge < -0.3 is 0 Å². The van der Waals surface area contributed by atoms with E-state index in [1.165, 1.54) is 29.0 Å². The third-order valence-corrected chi connectivity index (χ3v) is 6.06. The van der Waals surface area contributed by atoms with Crippen LogP contribution in [-0.2, 0) is 16.4 Å².